The van der Waals surface area contributed by atoms with Crippen LogP contribution in [0.25, 0.3) is 0 Å². The third kappa shape index (κ3) is 4.48. The van der Waals surface area contributed by atoms with Crippen molar-refractivity contribution in [2.24, 2.45) is 0 Å². The second-order valence-corrected chi connectivity index (χ2v) is 3.25. The number of nitriles is 1. The fraction of sp³-hybridized carbons (Fsp3) is 0.111. The van der Waals surface area contributed by atoms with Gasteiger partial charge in [-0.15, -0.1) is 0 Å². The third-order valence-corrected chi connectivity index (χ3v) is 1.83. The van der Waals surface area contributed by atoms with Gasteiger partial charge in [-0.2, -0.15) is 5.26 Å². The van der Waals surface area contributed by atoms with Crippen LogP contribution in [0, 0.1) is 11.3 Å². The molecule has 0 aliphatic rings. The second kappa shape index (κ2) is 6.00. The standard InChI is InChI=1S/C5H3BrN2.C4H6O2/c6-4-1-2-8-5(4)3-7;1-3(2)4(5)6/h1-2,8H;1H2,2H3,(H,5,6). The predicted octanol–water partition coefficient (Wildman–Crippen LogP) is 2.30. The molecule has 1 aromatic heterocycles. The first-order chi connectivity index (χ1) is 6.49. The minimum absolute atomic E-state index is 0.176. The summed E-state index contributed by atoms with van der Waals surface area (Å²) in [5, 5.41) is 16.2. The van der Waals surface area contributed by atoms with E-state index in [9.17, 15) is 4.79 Å². The number of aromatic amines is 1. The van der Waals surface area contributed by atoms with Crippen LogP contribution in [0.15, 0.2) is 28.9 Å². The summed E-state index contributed by atoms with van der Waals surface area (Å²) in [7, 11) is 0. The van der Waals surface area contributed by atoms with Crippen LogP contribution < -0.4 is 0 Å². The van der Waals surface area contributed by atoms with Gasteiger partial charge in [-0.25, -0.2) is 4.79 Å². The predicted molar refractivity (Wildman–Crippen MR) is 55.7 cm³/mol. The highest BCUT2D eigenvalue weighted by molar-refractivity contribution is 9.10. The topological polar surface area (TPSA) is 76.9 Å². The van der Waals surface area contributed by atoms with Crippen LogP contribution in [0.5, 0.6) is 0 Å². The summed E-state index contributed by atoms with van der Waals surface area (Å²) in [6.45, 7) is 4.60. The molecule has 0 saturated heterocycles. The number of carbonyl (C=O) groups is 1. The van der Waals surface area contributed by atoms with E-state index in [1.54, 1.807) is 12.3 Å². The summed E-state index contributed by atoms with van der Waals surface area (Å²) in [6.07, 6.45) is 1.71. The molecule has 5 heteroatoms. The van der Waals surface area contributed by atoms with Crippen LogP contribution in [0.4, 0.5) is 0 Å². The molecule has 0 aliphatic heterocycles. The van der Waals surface area contributed by atoms with Crippen molar-refractivity contribution in [3.63, 3.8) is 0 Å². The molecule has 0 bridgehead atoms. The smallest absolute Gasteiger partial charge is 0.330 e. The molecule has 0 aromatic carbocycles. The Morgan fingerprint density at radius 2 is 2.29 bits per heavy atom. The van der Waals surface area contributed by atoms with Crippen LogP contribution in [0.1, 0.15) is 12.6 Å². The van der Waals surface area contributed by atoms with E-state index >= 15 is 0 Å². The number of carboxylic acid groups (broad SMARTS) is 1. The molecule has 0 saturated carbocycles. The van der Waals surface area contributed by atoms with E-state index in [0.29, 0.717) is 5.69 Å². The maximum Gasteiger partial charge on any atom is 0.330 e. The summed E-state index contributed by atoms with van der Waals surface area (Å²) in [5.74, 6) is -0.935. The van der Waals surface area contributed by atoms with Gasteiger partial charge in [0, 0.05) is 11.8 Å². The molecule has 0 amide bonds. The van der Waals surface area contributed by atoms with Crippen LogP contribution in [-0.4, -0.2) is 16.1 Å². The second-order valence-electron chi connectivity index (χ2n) is 2.40. The average molecular weight is 257 g/mol. The van der Waals surface area contributed by atoms with Crippen LogP contribution >= 0.6 is 15.9 Å². The minimum Gasteiger partial charge on any atom is -0.478 e. The number of carboxylic acids is 1. The molecule has 2 N–H and O–H groups in total. The normalized spacial score (nSPS) is 8.07. The quantitative estimate of drug-likeness (QED) is 0.757. The fourth-order valence-electron chi connectivity index (χ4n) is 0.436. The van der Waals surface area contributed by atoms with Gasteiger partial charge in [0.2, 0.25) is 0 Å². The van der Waals surface area contributed by atoms with Gasteiger partial charge in [0.15, 0.2) is 0 Å². The Morgan fingerprint density at radius 1 is 1.79 bits per heavy atom. The molecule has 0 radical (unpaired) electrons. The summed E-state index contributed by atoms with van der Waals surface area (Å²) in [4.78, 5) is 12.3. The van der Waals surface area contributed by atoms with Crippen molar-refractivity contribution in [2.45, 2.75) is 6.92 Å². The molecule has 0 atom stereocenters. The molecule has 0 unspecified atom stereocenters. The van der Waals surface area contributed by atoms with Crippen molar-refractivity contribution >= 4 is 21.9 Å². The first-order valence-electron chi connectivity index (χ1n) is 3.60. The number of halogens is 1. The van der Waals surface area contributed by atoms with E-state index in [-0.39, 0.29) is 5.57 Å². The van der Waals surface area contributed by atoms with Crippen molar-refractivity contribution < 1.29 is 9.90 Å². The Balaban J connectivity index is 0.000000255. The summed E-state index contributed by atoms with van der Waals surface area (Å²) < 4.78 is 0.819. The van der Waals surface area contributed by atoms with Gasteiger partial charge in [-0.3, -0.25) is 0 Å². The Morgan fingerprint density at radius 3 is 2.43 bits per heavy atom. The van der Waals surface area contributed by atoms with E-state index in [1.165, 1.54) is 6.92 Å². The van der Waals surface area contributed by atoms with Gasteiger partial charge < -0.3 is 10.1 Å². The van der Waals surface area contributed by atoms with Crippen LogP contribution in [0.3, 0.4) is 0 Å². The van der Waals surface area contributed by atoms with Crippen molar-refractivity contribution in [2.75, 3.05) is 0 Å². The van der Waals surface area contributed by atoms with E-state index in [0.717, 1.165) is 4.47 Å². The minimum atomic E-state index is -0.935. The number of H-pyrrole nitrogens is 1. The summed E-state index contributed by atoms with van der Waals surface area (Å²) >= 11 is 3.17. The molecule has 1 aromatic rings. The Kier molecular flexibility index (Phi) is 5.34. The number of aromatic nitrogens is 1. The highest BCUT2D eigenvalue weighted by Gasteiger charge is 1.94. The summed E-state index contributed by atoms with van der Waals surface area (Å²) in [5.41, 5.74) is 0.750. The van der Waals surface area contributed by atoms with Gasteiger partial charge in [0.1, 0.15) is 11.8 Å². The zero-order chi connectivity index (χ0) is 11.1. The Labute approximate surface area is 90.0 Å². The highest BCUT2D eigenvalue weighted by atomic mass is 79.9. The van der Waals surface area contributed by atoms with Crippen LogP contribution in [0.2, 0.25) is 0 Å². The molecule has 0 fully saturated rings. The molecule has 74 valence electrons. The molecule has 4 nitrogen and oxygen atoms in total. The summed E-state index contributed by atoms with van der Waals surface area (Å²) in [6, 6.07) is 3.76. The maximum atomic E-state index is 9.60. The van der Waals surface area contributed by atoms with Gasteiger partial charge in [0.05, 0.1) is 4.47 Å². The van der Waals surface area contributed by atoms with Crippen molar-refractivity contribution in [3.05, 3.63) is 34.6 Å². The van der Waals surface area contributed by atoms with Gasteiger partial charge >= 0.3 is 5.97 Å². The van der Waals surface area contributed by atoms with Crippen molar-refractivity contribution in [3.8, 4) is 6.07 Å². The van der Waals surface area contributed by atoms with E-state index in [2.05, 4.69) is 27.5 Å². The third-order valence-electron chi connectivity index (χ3n) is 1.17. The molecule has 0 spiro atoms. The number of nitrogens with one attached hydrogen (secondary N) is 1. The number of rotatable bonds is 1. The van der Waals surface area contributed by atoms with Gasteiger partial charge in [-0.1, -0.05) is 6.58 Å². The first-order valence-corrected chi connectivity index (χ1v) is 4.40. The lowest BCUT2D eigenvalue weighted by molar-refractivity contribution is -0.132. The van der Waals surface area contributed by atoms with Crippen molar-refractivity contribution in [1.82, 2.24) is 4.98 Å². The molecule has 1 heterocycles. The van der Waals surface area contributed by atoms with Crippen LogP contribution in [-0.2, 0) is 4.79 Å². The zero-order valence-corrected chi connectivity index (χ0v) is 9.13. The highest BCUT2D eigenvalue weighted by Crippen LogP contribution is 2.11. The lowest BCUT2D eigenvalue weighted by atomic mass is 10.4. The molecule has 1 rings (SSSR count). The van der Waals surface area contributed by atoms with E-state index in [1.807, 2.05) is 6.07 Å². The largest absolute Gasteiger partial charge is 0.478 e. The van der Waals surface area contributed by atoms with Crippen molar-refractivity contribution in [1.29, 1.82) is 5.26 Å². The lowest BCUT2D eigenvalue weighted by Gasteiger charge is -1.79. The Bertz CT molecular complexity index is 364. The molecule has 0 aliphatic carbocycles. The Hall–Kier alpha value is -1.54. The van der Waals surface area contributed by atoms with E-state index in [4.69, 9.17) is 10.4 Å². The molecule has 14 heavy (non-hydrogen) atoms. The SMILES string of the molecule is C=C(C)C(=O)O.N#Cc1[nH]ccc1Br. The monoisotopic (exact) mass is 256 g/mol. The lowest BCUT2D eigenvalue weighted by Crippen LogP contribution is -1.92. The van der Waals surface area contributed by atoms with Gasteiger partial charge in [-0.05, 0) is 28.9 Å². The molecular formula is C9H9BrN2O2. The fourth-order valence-corrected chi connectivity index (χ4v) is 0.771. The number of hydrogen-bond acceptors (Lipinski definition) is 2. The number of nitrogens with zero attached hydrogens (tertiary/aromatic N) is 1. The maximum absolute atomic E-state index is 9.60. The average Bonchev–Trinajstić information content (AvgIpc) is 2.51. The first kappa shape index (κ1) is 12.5. The van der Waals surface area contributed by atoms with E-state index < -0.39 is 5.97 Å². The number of aliphatic carboxylic acids is 1. The zero-order valence-electron chi connectivity index (χ0n) is 7.54. The van der Waals surface area contributed by atoms with Gasteiger partial charge in [0.25, 0.3) is 0 Å². The number of hydrogen-bond donors (Lipinski definition) is 2. The molecular weight excluding hydrogens is 248 g/mol.